The van der Waals surface area contributed by atoms with Crippen molar-refractivity contribution in [1.82, 2.24) is 15.4 Å². The van der Waals surface area contributed by atoms with Gasteiger partial charge >= 0.3 is 0 Å². The van der Waals surface area contributed by atoms with E-state index < -0.39 is 0 Å². The van der Waals surface area contributed by atoms with Crippen LogP contribution in [0, 0.1) is 0 Å². The van der Waals surface area contributed by atoms with Gasteiger partial charge in [0.05, 0.1) is 13.2 Å². The van der Waals surface area contributed by atoms with Crippen molar-refractivity contribution < 1.29 is 4.74 Å². The fourth-order valence-electron chi connectivity index (χ4n) is 1.69. The number of nitrogens with zero attached hydrogens (tertiary/aromatic N) is 2. The molecule has 2 rings (SSSR count). The van der Waals surface area contributed by atoms with Gasteiger partial charge in [-0.2, -0.15) is 0 Å². The predicted octanol–water partition coefficient (Wildman–Crippen LogP) is 0.979. The highest BCUT2D eigenvalue weighted by Gasteiger charge is 2.13. The van der Waals surface area contributed by atoms with Gasteiger partial charge in [0, 0.05) is 31.5 Å². The van der Waals surface area contributed by atoms with Crippen LogP contribution in [0.15, 0.2) is 24.5 Å². The van der Waals surface area contributed by atoms with E-state index in [1.165, 1.54) is 5.56 Å². The minimum atomic E-state index is 0.325. The highest BCUT2D eigenvalue weighted by atomic mass is 16.5. The number of hydrogen-bond acceptors (Lipinski definition) is 4. The van der Waals surface area contributed by atoms with Crippen LogP contribution < -0.4 is 5.43 Å². The fourth-order valence-corrected chi connectivity index (χ4v) is 1.69. The van der Waals surface area contributed by atoms with Crippen LogP contribution in [0.5, 0.6) is 0 Å². The van der Waals surface area contributed by atoms with Crippen LogP contribution in [0.25, 0.3) is 0 Å². The standard InChI is InChI=1S/C11H17N3O/c1-10(11-2-4-12-5-3-11)13-14-6-8-15-9-7-14/h2-5,10,13H,6-9H2,1H3. The largest absolute Gasteiger partial charge is 0.379 e. The lowest BCUT2D eigenvalue weighted by Gasteiger charge is -2.30. The molecule has 0 radical (unpaired) electrons. The average molecular weight is 207 g/mol. The first kappa shape index (κ1) is 10.5. The Hall–Kier alpha value is -0.970. The normalized spacial score (nSPS) is 20.1. The molecule has 2 heterocycles. The second-order valence-electron chi connectivity index (χ2n) is 3.73. The lowest BCUT2D eigenvalue weighted by molar-refractivity contribution is 0.00484. The summed E-state index contributed by atoms with van der Waals surface area (Å²) in [5.74, 6) is 0. The molecule has 1 unspecified atom stereocenters. The zero-order chi connectivity index (χ0) is 10.5. The fraction of sp³-hybridized carbons (Fsp3) is 0.545. The Balaban J connectivity index is 1.88. The van der Waals surface area contributed by atoms with Crippen LogP contribution in [0.3, 0.4) is 0 Å². The Labute approximate surface area is 90.2 Å². The summed E-state index contributed by atoms with van der Waals surface area (Å²) in [6.07, 6.45) is 3.65. The summed E-state index contributed by atoms with van der Waals surface area (Å²) in [5, 5.41) is 2.22. The lowest BCUT2D eigenvalue weighted by Crippen LogP contribution is -2.46. The SMILES string of the molecule is CC(NN1CCOCC1)c1ccncc1. The van der Waals surface area contributed by atoms with E-state index >= 15 is 0 Å². The van der Waals surface area contributed by atoms with E-state index in [0.717, 1.165) is 26.3 Å². The lowest BCUT2D eigenvalue weighted by atomic mass is 10.1. The van der Waals surface area contributed by atoms with E-state index in [1.54, 1.807) is 0 Å². The summed E-state index contributed by atoms with van der Waals surface area (Å²) in [6.45, 7) is 5.70. The first-order valence-corrected chi connectivity index (χ1v) is 5.35. The zero-order valence-corrected chi connectivity index (χ0v) is 9.02. The van der Waals surface area contributed by atoms with Gasteiger partial charge in [0.1, 0.15) is 0 Å². The molecule has 1 aliphatic heterocycles. The van der Waals surface area contributed by atoms with E-state index in [-0.39, 0.29) is 0 Å². The van der Waals surface area contributed by atoms with Crippen LogP contribution in [0.4, 0.5) is 0 Å². The van der Waals surface area contributed by atoms with Gasteiger partial charge in [-0.3, -0.25) is 4.98 Å². The molecule has 15 heavy (non-hydrogen) atoms. The Morgan fingerprint density at radius 2 is 2.00 bits per heavy atom. The number of hydrazine groups is 1. The number of ether oxygens (including phenoxy) is 1. The molecule has 1 aromatic heterocycles. The van der Waals surface area contributed by atoms with E-state index in [4.69, 9.17) is 4.74 Å². The monoisotopic (exact) mass is 207 g/mol. The van der Waals surface area contributed by atoms with E-state index in [1.807, 2.05) is 24.5 Å². The van der Waals surface area contributed by atoms with Gasteiger partial charge in [0.25, 0.3) is 0 Å². The first-order valence-electron chi connectivity index (χ1n) is 5.35. The third-order valence-corrected chi connectivity index (χ3v) is 2.59. The van der Waals surface area contributed by atoms with Crippen LogP contribution >= 0.6 is 0 Å². The molecule has 1 atom stereocenters. The second kappa shape index (κ2) is 5.21. The highest BCUT2D eigenvalue weighted by Crippen LogP contribution is 2.11. The maximum Gasteiger partial charge on any atom is 0.0608 e. The molecule has 1 aromatic rings. The van der Waals surface area contributed by atoms with Gasteiger partial charge in [-0.1, -0.05) is 0 Å². The predicted molar refractivity (Wildman–Crippen MR) is 58.2 cm³/mol. The Morgan fingerprint density at radius 1 is 1.33 bits per heavy atom. The summed E-state index contributed by atoms with van der Waals surface area (Å²) in [5.41, 5.74) is 4.72. The molecule has 0 aliphatic carbocycles. The van der Waals surface area contributed by atoms with E-state index in [0.29, 0.717) is 6.04 Å². The third kappa shape index (κ3) is 2.99. The number of pyridine rings is 1. The molecule has 0 spiro atoms. The maximum absolute atomic E-state index is 5.30. The Bertz CT molecular complexity index is 285. The van der Waals surface area contributed by atoms with Gasteiger partial charge in [0.2, 0.25) is 0 Å². The van der Waals surface area contributed by atoms with Crippen molar-refractivity contribution in [1.29, 1.82) is 0 Å². The number of morpholine rings is 1. The van der Waals surface area contributed by atoms with Gasteiger partial charge < -0.3 is 4.74 Å². The van der Waals surface area contributed by atoms with Gasteiger partial charge in [-0.05, 0) is 24.6 Å². The molecule has 0 amide bonds. The molecule has 1 aliphatic rings. The van der Waals surface area contributed by atoms with Crippen molar-refractivity contribution in [2.45, 2.75) is 13.0 Å². The Morgan fingerprint density at radius 3 is 2.67 bits per heavy atom. The maximum atomic E-state index is 5.30. The summed E-state index contributed by atoms with van der Waals surface area (Å²) < 4.78 is 5.30. The number of aromatic nitrogens is 1. The van der Waals surface area contributed by atoms with Gasteiger partial charge in [0.15, 0.2) is 0 Å². The molecule has 0 saturated carbocycles. The molecular weight excluding hydrogens is 190 g/mol. The van der Waals surface area contributed by atoms with Crippen molar-refractivity contribution in [3.63, 3.8) is 0 Å². The van der Waals surface area contributed by atoms with Crippen LogP contribution in [0.2, 0.25) is 0 Å². The van der Waals surface area contributed by atoms with Crippen LogP contribution in [-0.4, -0.2) is 36.3 Å². The molecule has 0 bridgehead atoms. The van der Waals surface area contributed by atoms with Crippen molar-refractivity contribution in [2.24, 2.45) is 0 Å². The third-order valence-electron chi connectivity index (χ3n) is 2.59. The van der Waals surface area contributed by atoms with Crippen molar-refractivity contribution in [3.8, 4) is 0 Å². The first-order chi connectivity index (χ1) is 7.36. The summed E-state index contributed by atoms with van der Waals surface area (Å²) >= 11 is 0. The molecule has 82 valence electrons. The minimum absolute atomic E-state index is 0.325. The summed E-state index contributed by atoms with van der Waals surface area (Å²) in [4.78, 5) is 4.01. The minimum Gasteiger partial charge on any atom is -0.379 e. The zero-order valence-electron chi connectivity index (χ0n) is 9.02. The quantitative estimate of drug-likeness (QED) is 0.801. The molecule has 1 fully saturated rings. The highest BCUT2D eigenvalue weighted by molar-refractivity contribution is 5.13. The molecule has 4 nitrogen and oxygen atoms in total. The van der Waals surface area contributed by atoms with Crippen molar-refractivity contribution >= 4 is 0 Å². The Kier molecular flexibility index (Phi) is 3.66. The smallest absolute Gasteiger partial charge is 0.0608 e. The molecule has 1 N–H and O–H groups in total. The molecular formula is C11H17N3O. The number of nitrogens with one attached hydrogen (secondary N) is 1. The summed E-state index contributed by atoms with van der Waals surface area (Å²) in [7, 11) is 0. The molecule has 0 aromatic carbocycles. The average Bonchev–Trinajstić information content (AvgIpc) is 2.31. The topological polar surface area (TPSA) is 37.4 Å². The van der Waals surface area contributed by atoms with Crippen molar-refractivity contribution in [3.05, 3.63) is 30.1 Å². The van der Waals surface area contributed by atoms with Crippen molar-refractivity contribution in [2.75, 3.05) is 26.3 Å². The van der Waals surface area contributed by atoms with Gasteiger partial charge in [-0.15, -0.1) is 0 Å². The molecule has 1 saturated heterocycles. The van der Waals surface area contributed by atoms with E-state index in [9.17, 15) is 0 Å². The molecule has 4 heteroatoms. The second-order valence-corrected chi connectivity index (χ2v) is 3.73. The number of rotatable bonds is 3. The van der Waals surface area contributed by atoms with Crippen LogP contribution in [0.1, 0.15) is 18.5 Å². The van der Waals surface area contributed by atoms with Gasteiger partial charge in [-0.25, -0.2) is 10.4 Å². The number of hydrogen-bond donors (Lipinski definition) is 1. The van der Waals surface area contributed by atoms with E-state index in [2.05, 4.69) is 22.3 Å². The van der Waals surface area contributed by atoms with Crippen LogP contribution in [-0.2, 0) is 4.74 Å². The summed E-state index contributed by atoms with van der Waals surface area (Å²) in [6, 6.07) is 4.40.